The summed E-state index contributed by atoms with van der Waals surface area (Å²) >= 11 is 0. The molecule has 1 unspecified atom stereocenters. The minimum atomic E-state index is -0.335. The van der Waals surface area contributed by atoms with Crippen LogP contribution in [0.3, 0.4) is 0 Å². The molecule has 2 heterocycles. The van der Waals surface area contributed by atoms with E-state index in [0.29, 0.717) is 12.1 Å². The van der Waals surface area contributed by atoms with Crippen LogP contribution in [0.2, 0.25) is 0 Å². The standard InChI is InChI=1S/C22H17N3O/c1-25-14-17-10-21(26)18(16-8-5-9-24-13-16)11-19(17)22(20(25)12-23)15-6-3-2-4-7-15/h2-9,11,13-14,18H,10H2,1H3. The Morgan fingerprint density at radius 3 is 2.69 bits per heavy atom. The SMILES string of the molecule is CN1C=C2CC(=O)C(c3cccnc3)C=C2C(c2ccccc2)=C1C#N. The lowest BCUT2D eigenvalue weighted by Crippen LogP contribution is -2.25. The number of fused-ring (bicyclic) bond motifs is 1. The van der Waals surface area contributed by atoms with Crippen molar-refractivity contribution < 1.29 is 4.79 Å². The van der Waals surface area contributed by atoms with Crippen molar-refractivity contribution in [3.8, 4) is 6.07 Å². The van der Waals surface area contributed by atoms with E-state index in [1.807, 2.05) is 66.7 Å². The lowest BCUT2D eigenvalue weighted by atomic mass is 9.77. The van der Waals surface area contributed by atoms with Crippen LogP contribution in [0.15, 0.2) is 84.0 Å². The van der Waals surface area contributed by atoms with E-state index in [9.17, 15) is 10.1 Å². The number of hydrogen-bond acceptors (Lipinski definition) is 4. The van der Waals surface area contributed by atoms with Crippen LogP contribution in [0.4, 0.5) is 0 Å². The quantitative estimate of drug-likeness (QED) is 0.834. The van der Waals surface area contributed by atoms with Gasteiger partial charge in [0.15, 0.2) is 0 Å². The molecule has 4 nitrogen and oxygen atoms in total. The monoisotopic (exact) mass is 339 g/mol. The normalized spacial score (nSPS) is 19.5. The number of nitriles is 1. The number of ketones is 1. The Morgan fingerprint density at radius 1 is 1.19 bits per heavy atom. The average Bonchev–Trinajstić information content (AvgIpc) is 2.68. The van der Waals surface area contributed by atoms with E-state index in [1.165, 1.54) is 0 Å². The topological polar surface area (TPSA) is 57.0 Å². The highest BCUT2D eigenvalue weighted by Crippen LogP contribution is 2.43. The molecule has 0 amide bonds. The number of aromatic nitrogens is 1. The van der Waals surface area contributed by atoms with E-state index in [4.69, 9.17) is 0 Å². The van der Waals surface area contributed by atoms with Crippen LogP contribution >= 0.6 is 0 Å². The second-order valence-corrected chi connectivity index (χ2v) is 6.45. The third-order valence-corrected chi connectivity index (χ3v) is 4.81. The summed E-state index contributed by atoms with van der Waals surface area (Å²) in [4.78, 5) is 18.7. The molecule has 126 valence electrons. The number of carbonyl (C=O) groups excluding carboxylic acids is 1. The van der Waals surface area contributed by atoms with Crippen molar-refractivity contribution in [2.24, 2.45) is 0 Å². The van der Waals surface area contributed by atoms with Gasteiger partial charge in [-0.15, -0.1) is 0 Å². The smallest absolute Gasteiger partial charge is 0.148 e. The van der Waals surface area contributed by atoms with Gasteiger partial charge < -0.3 is 4.90 Å². The van der Waals surface area contributed by atoms with Crippen LogP contribution in [0.5, 0.6) is 0 Å². The van der Waals surface area contributed by atoms with Gasteiger partial charge in [-0.2, -0.15) is 5.26 Å². The molecule has 0 fully saturated rings. The van der Waals surface area contributed by atoms with Gasteiger partial charge in [-0.1, -0.05) is 42.5 Å². The molecule has 2 aliphatic rings. The number of carbonyl (C=O) groups is 1. The van der Waals surface area contributed by atoms with E-state index in [0.717, 1.165) is 27.8 Å². The maximum absolute atomic E-state index is 12.7. The van der Waals surface area contributed by atoms with Crippen molar-refractivity contribution in [2.45, 2.75) is 12.3 Å². The molecular formula is C22H17N3O. The van der Waals surface area contributed by atoms with Crippen LogP contribution in [0.1, 0.15) is 23.5 Å². The summed E-state index contributed by atoms with van der Waals surface area (Å²) in [6.45, 7) is 0. The fourth-order valence-electron chi connectivity index (χ4n) is 3.59. The molecule has 1 aliphatic carbocycles. The van der Waals surface area contributed by atoms with Crippen molar-refractivity contribution in [2.75, 3.05) is 7.05 Å². The third-order valence-electron chi connectivity index (χ3n) is 4.81. The first kappa shape index (κ1) is 16.0. The highest BCUT2D eigenvalue weighted by Gasteiger charge is 2.33. The predicted octanol–water partition coefficient (Wildman–Crippen LogP) is 3.83. The van der Waals surface area contributed by atoms with Gasteiger partial charge in [0.1, 0.15) is 17.5 Å². The fraction of sp³-hybridized carbons (Fsp3) is 0.136. The summed E-state index contributed by atoms with van der Waals surface area (Å²) in [6, 6.07) is 16.0. The van der Waals surface area contributed by atoms with Crippen LogP contribution < -0.4 is 0 Å². The summed E-state index contributed by atoms with van der Waals surface area (Å²) in [6.07, 6.45) is 7.68. The Kier molecular flexibility index (Phi) is 3.98. The first-order chi connectivity index (χ1) is 12.7. The van der Waals surface area contributed by atoms with E-state index in [2.05, 4.69) is 11.1 Å². The van der Waals surface area contributed by atoms with Crippen LogP contribution in [-0.2, 0) is 4.79 Å². The molecule has 4 heteroatoms. The Labute approximate surface area is 152 Å². The zero-order chi connectivity index (χ0) is 18.1. The Bertz CT molecular complexity index is 995. The van der Waals surface area contributed by atoms with Crippen molar-refractivity contribution >= 4 is 11.4 Å². The summed E-state index contributed by atoms with van der Waals surface area (Å²) in [5, 5.41) is 9.74. The molecule has 1 aromatic heterocycles. The van der Waals surface area contributed by atoms with Crippen molar-refractivity contribution in [1.82, 2.24) is 9.88 Å². The van der Waals surface area contributed by atoms with Gasteiger partial charge in [0.05, 0.1) is 5.92 Å². The number of allylic oxidation sites excluding steroid dienone is 5. The maximum Gasteiger partial charge on any atom is 0.148 e. The second kappa shape index (κ2) is 6.45. The Balaban J connectivity index is 1.91. The van der Waals surface area contributed by atoms with Gasteiger partial charge >= 0.3 is 0 Å². The molecule has 1 atom stereocenters. The first-order valence-electron chi connectivity index (χ1n) is 8.47. The maximum atomic E-state index is 12.7. The molecule has 1 aromatic carbocycles. The van der Waals surface area contributed by atoms with E-state index >= 15 is 0 Å². The number of rotatable bonds is 2. The number of nitrogens with zero attached hydrogens (tertiary/aromatic N) is 3. The van der Waals surface area contributed by atoms with Gasteiger partial charge in [-0.25, -0.2) is 0 Å². The summed E-state index contributed by atoms with van der Waals surface area (Å²) in [7, 11) is 1.85. The van der Waals surface area contributed by atoms with E-state index in [1.54, 1.807) is 12.4 Å². The molecule has 26 heavy (non-hydrogen) atoms. The summed E-state index contributed by atoms with van der Waals surface area (Å²) in [5.41, 5.74) is 5.26. The molecule has 0 N–H and O–H groups in total. The van der Waals surface area contributed by atoms with Gasteiger partial charge in [-0.05, 0) is 28.3 Å². The molecule has 4 rings (SSSR count). The lowest BCUT2D eigenvalue weighted by molar-refractivity contribution is -0.119. The molecule has 2 aromatic rings. The fourth-order valence-corrected chi connectivity index (χ4v) is 3.59. The van der Waals surface area contributed by atoms with Gasteiger partial charge in [0.25, 0.3) is 0 Å². The summed E-state index contributed by atoms with van der Waals surface area (Å²) < 4.78 is 0. The average molecular weight is 339 g/mol. The molecule has 0 saturated carbocycles. The molecule has 0 bridgehead atoms. The number of Topliss-reactive ketones (excluding diaryl/α,β-unsaturated/α-hetero) is 1. The highest BCUT2D eigenvalue weighted by atomic mass is 16.1. The number of pyridine rings is 1. The van der Waals surface area contributed by atoms with Crippen molar-refractivity contribution in [3.63, 3.8) is 0 Å². The molecule has 0 radical (unpaired) electrons. The lowest BCUT2D eigenvalue weighted by Gasteiger charge is -2.32. The van der Waals surface area contributed by atoms with Gasteiger partial charge in [0, 0.05) is 37.6 Å². The van der Waals surface area contributed by atoms with Gasteiger partial charge in [-0.3, -0.25) is 9.78 Å². The molecule has 0 spiro atoms. The van der Waals surface area contributed by atoms with Crippen LogP contribution in [0, 0.1) is 11.3 Å². The Hall–Kier alpha value is -3.45. The molecule has 0 saturated heterocycles. The van der Waals surface area contributed by atoms with Gasteiger partial charge in [0.2, 0.25) is 0 Å². The third kappa shape index (κ3) is 2.64. The highest BCUT2D eigenvalue weighted by molar-refractivity contribution is 5.99. The van der Waals surface area contributed by atoms with Crippen LogP contribution in [0.25, 0.3) is 5.57 Å². The zero-order valence-corrected chi connectivity index (χ0v) is 14.4. The molecular weight excluding hydrogens is 322 g/mol. The van der Waals surface area contributed by atoms with E-state index in [-0.39, 0.29) is 11.7 Å². The van der Waals surface area contributed by atoms with Crippen molar-refractivity contribution in [1.29, 1.82) is 5.26 Å². The van der Waals surface area contributed by atoms with E-state index < -0.39 is 0 Å². The molecule has 1 aliphatic heterocycles. The number of hydrogen-bond donors (Lipinski definition) is 0. The first-order valence-corrected chi connectivity index (χ1v) is 8.47. The Morgan fingerprint density at radius 2 is 2.00 bits per heavy atom. The summed E-state index contributed by atoms with van der Waals surface area (Å²) in [5.74, 6) is -0.188. The minimum absolute atomic E-state index is 0.147. The van der Waals surface area contributed by atoms with Crippen LogP contribution in [-0.4, -0.2) is 22.7 Å². The largest absolute Gasteiger partial charge is 0.342 e. The second-order valence-electron chi connectivity index (χ2n) is 6.45. The minimum Gasteiger partial charge on any atom is -0.342 e. The zero-order valence-electron chi connectivity index (χ0n) is 14.4. The predicted molar refractivity (Wildman–Crippen MR) is 99.5 cm³/mol. The van der Waals surface area contributed by atoms with Crippen molar-refractivity contribution in [3.05, 3.63) is 95.1 Å². The number of benzene rings is 1.